The largest absolute Gasteiger partial charge is 0.444 e. The highest BCUT2D eigenvalue weighted by atomic mass is 127. The minimum atomic E-state index is -0.546. The van der Waals surface area contributed by atoms with Gasteiger partial charge in [-0.3, -0.25) is 9.58 Å². The van der Waals surface area contributed by atoms with Crippen molar-refractivity contribution < 1.29 is 14.6 Å². The Morgan fingerprint density at radius 3 is 2.40 bits per heavy atom. The van der Waals surface area contributed by atoms with E-state index in [0.717, 1.165) is 52.3 Å². The monoisotopic (exact) mass is 657 g/mol. The fraction of sp³-hybridized carbons (Fsp3) is 0.484. The van der Waals surface area contributed by atoms with Gasteiger partial charge in [0.05, 0.1) is 24.9 Å². The lowest BCUT2D eigenvalue weighted by Crippen LogP contribution is -2.49. The van der Waals surface area contributed by atoms with E-state index >= 15 is 0 Å². The van der Waals surface area contributed by atoms with E-state index in [9.17, 15) is 9.90 Å². The zero-order valence-corrected chi connectivity index (χ0v) is 26.1. The van der Waals surface area contributed by atoms with Gasteiger partial charge >= 0.3 is 6.09 Å². The first-order valence-corrected chi connectivity index (χ1v) is 15.2. The lowest BCUT2D eigenvalue weighted by molar-refractivity contribution is 0.0221. The van der Waals surface area contributed by atoms with Gasteiger partial charge in [0.1, 0.15) is 5.60 Å². The van der Waals surface area contributed by atoms with Crippen LogP contribution in [0.1, 0.15) is 37.6 Å². The number of carbonyl (C=O) groups is 1. The van der Waals surface area contributed by atoms with E-state index in [-0.39, 0.29) is 6.09 Å². The first kappa shape index (κ1) is 28.9. The summed E-state index contributed by atoms with van der Waals surface area (Å²) in [6, 6.07) is 16.8. The van der Waals surface area contributed by atoms with E-state index in [1.54, 1.807) is 4.90 Å². The summed E-state index contributed by atoms with van der Waals surface area (Å²) in [6.07, 6.45) is -0.167. The number of rotatable bonds is 6. The molecule has 0 radical (unpaired) electrons. The Morgan fingerprint density at radius 1 is 1.02 bits per heavy atom. The van der Waals surface area contributed by atoms with E-state index in [4.69, 9.17) is 9.84 Å². The molecule has 0 aliphatic carbocycles. The van der Waals surface area contributed by atoms with Crippen LogP contribution in [0.25, 0.3) is 11.3 Å². The highest BCUT2D eigenvalue weighted by Gasteiger charge is 2.31. The molecule has 1 amide bonds. The molecule has 1 unspecified atom stereocenters. The second-order valence-electron chi connectivity index (χ2n) is 11.8. The predicted molar refractivity (Wildman–Crippen MR) is 167 cm³/mol. The predicted octanol–water partition coefficient (Wildman–Crippen LogP) is 4.94. The molecule has 40 heavy (non-hydrogen) atoms. The number of aromatic nitrogens is 2. The van der Waals surface area contributed by atoms with Crippen molar-refractivity contribution in [3.05, 3.63) is 68.9 Å². The van der Waals surface area contributed by atoms with Gasteiger partial charge in [-0.1, -0.05) is 30.3 Å². The second-order valence-corrected chi connectivity index (χ2v) is 13.1. The van der Waals surface area contributed by atoms with E-state index in [2.05, 4.69) is 87.8 Å². The molecule has 214 valence electrons. The van der Waals surface area contributed by atoms with Gasteiger partial charge in [0, 0.05) is 71.8 Å². The third-order valence-electron chi connectivity index (χ3n) is 7.58. The minimum Gasteiger partial charge on any atom is -0.444 e. The third kappa shape index (κ3) is 6.80. The smallest absolute Gasteiger partial charge is 0.410 e. The number of anilines is 1. The molecule has 9 heteroatoms. The average Bonchev–Trinajstić information content (AvgIpc) is 3.26. The number of hydrogen-bond acceptors (Lipinski definition) is 6. The van der Waals surface area contributed by atoms with Gasteiger partial charge in [-0.15, -0.1) is 0 Å². The Labute approximate surface area is 251 Å². The van der Waals surface area contributed by atoms with Gasteiger partial charge in [-0.25, -0.2) is 4.79 Å². The van der Waals surface area contributed by atoms with Crippen LogP contribution in [-0.4, -0.2) is 81.8 Å². The van der Waals surface area contributed by atoms with Gasteiger partial charge in [0.25, 0.3) is 0 Å². The van der Waals surface area contributed by atoms with E-state index in [1.165, 1.54) is 11.3 Å². The van der Waals surface area contributed by atoms with Crippen molar-refractivity contribution in [3.63, 3.8) is 0 Å². The molecular formula is C31H40IN5O3. The number of nitrogens with zero attached hydrogens (tertiary/aromatic N) is 5. The van der Waals surface area contributed by atoms with Gasteiger partial charge in [-0.2, -0.15) is 5.10 Å². The highest BCUT2D eigenvalue weighted by Crippen LogP contribution is 2.31. The number of aliphatic hydroxyl groups excluding tert-OH is 1. The van der Waals surface area contributed by atoms with Crippen LogP contribution in [0.15, 0.2) is 48.5 Å². The van der Waals surface area contributed by atoms with Gasteiger partial charge in [0.2, 0.25) is 0 Å². The molecule has 1 N–H and O–H groups in total. The normalized spacial score (nSPS) is 17.1. The molecular weight excluding hydrogens is 617 g/mol. The third-order valence-corrected chi connectivity index (χ3v) is 8.30. The molecule has 1 atom stereocenters. The van der Waals surface area contributed by atoms with Crippen LogP contribution in [0, 0.1) is 10.5 Å². The molecule has 5 rings (SSSR count). The summed E-state index contributed by atoms with van der Waals surface area (Å²) in [5.41, 5.74) is 6.08. The van der Waals surface area contributed by atoms with Crippen LogP contribution < -0.4 is 4.90 Å². The number of para-hydroxylation sites is 1. The van der Waals surface area contributed by atoms with Crippen molar-refractivity contribution in [1.82, 2.24) is 19.6 Å². The van der Waals surface area contributed by atoms with Crippen molar-refractivity contribution >= 4 is 34.4 Å². The molecule has 2 aromatic carbocycles. The molecule has 3 heterocycles. The number of benzene rings is 2. The molecule has 8 nitrogen and oxygen atoms in total. The zero-order valence-electron chi connectivity index (χ0n) is 23.9. The Balaban J connectivity index is 1.28. The van der Waals surface area contributed by atoms with Gasteiger partial charge in [-0.05, 0) is 74.0 Å². The summed E-state index contributed by atoms with van der Waals surface area (Å²) in [4.78, 5) is 19.4. The van der Waals surface area contributed by atoms with E-state index < -0.39 is 11.7 Å². The van der Waals surface area contributed by atoms with Crippen LogP contribution in [0.4, 0.5) is 10.5 Å². The topological polar surface area (TPSA) is 74.1 Å². The maximum Gasteiger partial charge on any atom is 0.410 e. The fourth-order valence-electron chi connectivity index (χ4n) is 5.61. The molecule has 0 spiro atoms. The number of carbonyl (C=O) groups excluding carboxylic acids is 1. The molecule has 0 saturated carbocycles. The number of hydrogen-bond donors (Lipinski definition) is 1. The zero-order chi connectivity index (χ0) is 28.4. The van der Waals surface area contributed by atoms with E-state index in [0.29, 0.717) is 32.6 Å². The molecule has 1 aromatic heterocycles. The number of ether oxygens (including phenoxy) is 1. The summed E-state index contributed by atoms with van der Waals surface area (Å²) in [7, 11) is 0. The van der Waals surface area contributed by atoms with Crippen molar-refractivity contribution in [2.75, 3.05) is 44.2 Å². The molecule has 0 bridgehead atoms. The number of halogens is 1. The summed E-state index contributed by atoms with van der Waals surface area (Å²) in [6.45, 7) is 13.6. The van der Waals surface area contributed by atoms with Crippen LogP contribution >= 0.6 is 22.6 Å². The Bertz CT molecular complexity index is 1330. The molecule has 1 saturated heterocycles. The number of fused-ring (bicyclic) bond motifs is 1. The summed E-state index contributed by atoms with van der Waals surface area (Å²) in [5.74, 6) is 0. The summed E-state index contributed by atoms with van der Waals surface area (Å²) < 4.78 is 8.79. The Morgan fingerprint density at radius 2 is 1.73 bits per heavy atom. The number of β-amino-alcohol motifs (C(OH)–C–C–N with tert-alkyl or cyclic N) is 1. The highest BCUT2D eigenvalue weighted by molar-refractivity contribution is 14.1. The van der Waals surface area contributed by atoms with Crippen molar-refractivity contribution in [1.29, 1.82) is 0 Å². The standard InChI is InChI=1S/C31H40IN5O3/c1-22-7-5-6-8-27(22)35-17-15-34(16-18-35)19-25(38)20-37-28-13-14-36(30(39)40-31(2,3)4)21-26(28)29(33-37)23-9-11-24(32)12-10-23/h5-12,25,38H,13-21H2,1-4H3. The molecule has 2 aliphatic rings. The Kier molecular flexibility index (Phi) is 8.72. The van der Waals surface area contributed by atoms with Gasteiger partial charge < -0.3 is 19.6 Å². The quantitative estimate of drug-likeness (QED) is 0.379. The number of amides is 1. The number of aryl methyl sites for hydroxylation is 1. The van der Waals surface area contributed by atoms with Crippen LogP contribution in [-0.2, 0) is 24.2 Å². The Hall–Kier alpha value is -2.63. The fourth-order valence-corrected chi connectivity index (χ4v) is 5.97. The van der Waals surface area contributed by atoms with E-state index in [1.807, 2.05) is 25.5 Å². The first-order chi connectivity index (χ1) is 19.1. The van der Waals surface area contributed by atoms with Crippen molar-refractivity contribution in [3.8, 4) is 11.3 Å². The maximum atomic E-state index is 12.9. The van der Waals surface area contributed by atoms with Crippen LogP contribution in [0.5, 0.6) is 0 Å². The molecule has 1 fully saturated rings. The number of aliphatic hydroxyl groups is 1. The molecule has 2 aliphatic heterocycles. The lowest BCUT2D eigenvalue weighted by atomic mass is 10.0. The van der Waals surface area contributed by atoms with Crippen LogP contribution in [0.2, 0.25) is 0 Å². The minimum absolute atomic E-state index is 0.302. The average molecular weight is 658 g/mol. The lowest BCUT2D eigenvalue weighted by Gasteiger charge is -2.37. The van der Waals surface area contributed by atoms with Crippen molar-refractivity contribution in [2.45, 2.75) is 58.9 Å². The second kappa shape index (κ2) is 12.1. The molecule has 3 aromatic rings. The van der Waals surface area contributed by atoms with Crippen molar-refractivity contribution in [2.24, 2.45) is 0 Å². The SMILES string of the molecule is Cc1ccccc1N1CCN(CC(O)Cn2nc(-c3ccc(I)cc3)c3c2CCN(C(=O)OC(C)(C)C)C3)CC1. The summed E-state index contributed by atoms with van der Waals surface area (Å²) in [5, 5.41) is 16.2. The van der Waals surface area contributed by atoms with Gasteiger partial charge in [0.15, 0.2) is 0 Å². The summed E-state index contributed by atoms with van der Waals surface area (Å²) >= 11 is 2.30. The maximum absolute atomic E-state index is 12.9. The first-order valence-electron chi connectivity index (χ1n) is 14.1. The number of piperazine rings is 1. The van der Waals surface area contributed by atoms with Crippen LogP contribution in [0.3, 0.4) is 0 Å².